The summed E-state index contributed by atoms with van der Waals surface area (Å²) in [6, 6.07) is 0. The van der Waals surface area contributed by atoms with Crippen LogP contribution in [0.5, 0.6) is 0 Å². The molecule has 2 aliphatic rings. The van der Waals surface area contributed by atoms with Gasteiger partial charge in [0.25, 0.3) is 0 Å². The number of thioether (sulfide) groups is 2. The number of fused-ring (bicyclic) bond motifs is 1. The number of carboxylic acid groups (broad SMARTS) is 2. The fourth-order valence-electron chi connectivity index (χ4n) is 1.56. The Morgan fingerprint density at radius 1 is 0.889 bits per heavy atom. The van der Waals surface area contributed by atoms with Gasteiger partial charge in [-0.1, -0.05) is 0 Å². The molecule has 0 aliphatic carbocycles. The van der Waals surface area contributed by atoms with Crippen molar-refractivity contribution in [3.63, 3.8) is 0 Å². The Hall–Kier alpha value is -1.54. The van der Waals surface area contributed by atoms with Crippen molar-refractivity contribution >= 4 is 47.0 Å². The Balaban J connectivity index is 2.34. The summed E-state index contributed by atoms with van der Waals surface area (Å²) in [6.45, 7) is 0. The van der Waals surface area contributed by atoms with E-state index in [4.69, 9.17) is 10.2 Å². The van der Waals surface area contributed by atoms with E-state index in [-0.39, 0.29) is 11.1 Å². The van der Waals surface area contributed by atoms with Crippen LogP contribution in [0.15, 0.2) is 22.0 Å². The van der Waals surface area contributed by atoms with Gasteiger partial charge in [-0.05, 0) is 10.8 Å². The fourth-order valence-corrected chi connectivity index (χ4v) is 3.98. The first-order valence-electron chi connectivity index (χ1n) is 4.69. The zero-order valence-electron chi connectivity index (χ0n) is 8.65. The number of carbonyl (C=O) groups excluding carboxylic acids is 2. The molecule has 0 aromatic rings. The van der Waals surface area contributed by atoms with Crippen molar-refractivity contribution in [2.24, 2.45) is 0 Å². The molecule has 2 rings (SSSR count). The maximum absolute atomic E-state index is 11.8. The summed E-state index contributed by atoms with van der Waals surface area (Å²) in [6.07, 6.45) is 0. The molecule has 0 bridgehead atoms. The molecular formula is C10H6O6S2. The number of carbonyl (C=O) groups is 4. The number of rotatable bonds is 2. The first-order valence-corrected chi connectivity index (χ1v) is 6.58. The molecule has 2 aliphatic heterocycles. The summed E-state index contributed by atoms with van der Waals surface area (Å²) in [5, 5.41) is 18.1. The maximum Gasteiger partial charge on any atom is 0.339 e. The number of aliphatic carboxylic acids is 2. The number of Topliss-reactive ketones (excluding diaryl/α,β-unsaturated/α-hetero) is 2. The second-order valence-electron chi connectivity index (χ2n) is 3.52. The minimum absolute atomic E-state index is 0.367. The van der Waals surface area contributed by atoms with E-state index in [1.54, 1.807) is 0 Å². The molecule has 0 amide bonds. The van der Waals surface area contributed by atoms with Gasteiger partial charge in [0.1, 0.15) is 11.1 Å². The number of hydrogen-bond donors (Lipinski definition) is 2. The zero-order valence-corrected chi connectivity index (χ0v) is 10.3. The summed E-state index contributed by atoms with van der Waals surface area (Å²) in [5.74, 6) is -3.98. The van der Waals surface area contributed by atoms with Crippen molar-refractivity contribution < 1.29 is 29.4 Å². The lowest BCUT2D eigenvalue weighted by molar-refractivity contribution is -0.137. The van der Waals surface area contributed by atoms with Crippen LogP contribution in [0.4, 0.5) is 0 Å². The van der Waals surface area contributed by atoms with Gasteiger partial charge in [0.05, 0.1) is 10.5 Å². The molecule has 2 heterocycles. The molecule has 0 radical (unpaired) electrons. The van der Waals surface area contributed by atoms with E-state index in [1.165, 1.54) is 0 Å². The molecule has 2 unspecified atom stereocenters. The van der Waals surface area contributed by atoms with E-state index in [9.17, 15) is 19.2 Å². The van der Waals surface area contributed by atoms with Crippen LogP contribution in [0.1, 0.15) is 0 Å². The van der Waals surface area contributed by atoms with Crippen molar-refractivity contribution in [2.45, 2.75) is 10.5 Å². The van der Waals surface area contributed by atoms with Gasteiger partial charge in [0.15, 0.2) is 11.6 Å². The van der Waals surface area contributed by atoms with Crippen molar-refractivity contribution in [3.05, 3.63) is 22.0 Å². The molecule has 0 saturated carbocycles. The van der Waals surface area contributed by atoms with Crippen molar-refractivity contribution in [1.29, 1.82) is 0 Å². The van der Waals surface area contributed by atoms with Crippen LogP contribution < -0.4 is 0 Å². The predicted octanol–water partition coefficient (Wildman–Crippen LogP) is 0.292. The minimum atomic E-state index is -1.34. The van der Waals surface area contributed by atoms with Crippen LogP contribution in [0, 0.1) is 0 Å². The predicted molar refractivity (Wildman–Crippen MR) is 64.2 cm³/mol. The molecule has 0 aromatic carbocycles. The maximum atomic E-state index is 11.8. The van der Waals surface area contributed by atoms with Crippen LogP contribution in [0.2, 0.25) is 0 Å². The summed E-state index contributed by atoms with van der Waals surface area (Å²) >= 11 is 1.76. The van der Waals surface area contributed by atoms with Crippen LogP contribution in [0.3, 0.4) is 0 Å². The third-order valence-corrected chi connectivity index (χ3v) is 4.92. The second kappa shape index (κ2) is 4.62. The van der Waals surface area contributed by atoms with E-state index in [2.05, 4.69) is 0 Å². The molecule has 0 saturated heterocycles. The van der Waals surface area contributed by atoms with Gasteiger partial charge in [-0.15, -0.1) is 23.5 Å². The van der Waals surface area contributed by atoms with Gasteiger partial charge in [-0.3, -0.25) is 9.59 Å². The average Bonchev–Trinajstić information content (AvgIpc) is 2.29. The SMILES string of the molecule is O=C(O)C1=CSC2C(=O)C(C(=O)O)=CSC2C1=O. The van der Waals surface area contributed by atoms with Crippen molar-refractivity contribution in [1.82, 2.24) is 0 Å². The lowest BCUT2D eigenvalue weighted by Crippen LogP contribution is -2.43. The lowest BCUT2D eigenvalue weighted by Gasteiger charge is -2.29. The van der Waals surface area contributed by atoms with E-state index in [0.29, 0.717) is 0 Å². The molecule has 0 aromatic heterocycles. The first-order chi connectivity index (χ1) is 8.43. The quantitative estimate of drug-likeness (QED) is 0.697. The van der Waals surface area contributed by atoms with Crippen LogP contribution in [-0.4, -0.2) is 44.2 Å². The Bertz CT molecular complexity index is 484. The molecular weight excluding hydrogens is 280 g/mol. The zero-order chi connectivity index (χ0) is 13.4. The van der Waals surface area contributed by atoms with Gasteiger partial charge in [0, 0.05) is 0 Å². The fraction of sp³-hybridized carbons (Fsp3) is 0.200. The van der Waals surface area contributed by atoms with Gasteiger partial charge in [-0.25, -0.2) is 9.59 Å². The number of hydrogen-bond acceptors (Lipinski definition) is 6. The highest BCUT2D eigenvalue weighted by Crippen LogP contribution is 2.39. The van der Waals surface area contributed by atoms with Gasteiger partial charge in [0.2, 0.25) is 0 Å². The third kappa shape index (κ3) is 1.97. The standard InChI is InChI=1S/C10H6O6S2/c11-5-3(9(13)14)1-17-7-6(12)4(10(15)16)2-18-8(5)7/h1-2,7-8H,(H,13,14)(H,15,16). The number of carboxylic acids is 2. The van der Waals surface area contributed by atoms with E-state index >= 15 is 0 Å². The van der Waals surface area contributed by atoms with Crippen LogP contribution in [-0.2, 0) is 19.2 Å². The Labute approximate surface area is 109 Å². The van der Waals surface area contributed by atoms with E-state index in [0.717, 1.165) is 34.3 Å². The molecule has 18 heavy (non-hydrogen) atoms. The Morgan fingerprint density at radius 3 is 1.50 bits per heavy atom. The van der Waals surface area contributed by atoms with Gasteiger partial charge in [-0.2, -0.15) is 0 Å². The van der Waals surface area contributed by atoms with E-state index in [1.807, 2.05) is 0 Å². The summed E-state index contributed by atoms with van der Waals surface area (Å²) in [7, 11) is 0. The molecule has 2 atom stereocenters. The van der Waals surface area contributed by atoms with Gasteiger partial charge < -0.3 is 10.2 Å². The highest BCUT2D eigenvalue weighted by molar-refractivity contribution is 8.08. The van der Waals surface area contributed by atoms with Crippen LogP contribution in [0.25, 0.3) is 0 Å². The molecule has 6 nitrogen and oxygen atoms in total. The van der Waals surface area contributed by atoms with Crippen LogP contribution >= 0.6 is 23.5 Å². The Kier molecular flexibility index (Phi) is 3.31. The summed E-state index contributed by atoms with van der Waals surface area (Å²) in [5.41, 5.74) is -0.734. The smallest absolute Gasteiger partial charge is 0.339 e. The average molecular weight is 286 g/mol. The molecule has 2 N–H and O–H groups in total. The topological polar surface area (TPSA) is 109 Å². The Morgan fingerprint density at radius 2 is 1.22 bits per heavy atom. The van der Waals surface area contributed by atoms with Crippen molar-refractivity contribution in [2.75, 3.05) is 0 Å². The minimum Gasteiger partial charge on any atom is -0.478 e. The second-order valence-corrected chi connectivity index (χ2v) is 5.55. The molecule has 0 spiro atoms. The summed E-state index contributed by atoms with van der Waals surface area (Å²) < 4.78 is 0. The normalized spacial score (nSPS) is 27.1. The lowest BCUT2D eigenvalue weighted by atomic mass is 10.0. The highest BCUT2D eigenvalue weighted by atomic mass is 32.2. The number of ketones is 2. The molecule has 0 fully saturated rings. The van der Waals surface area contributed by atoms with E-state index < -0.39 is 34.0 Å². The van der Waals surface area contributed by atoms with Gasteiger partial charge >= 0.3 is 11.9 Å². The monoisotopic (exact) mass is 286 g/mol. The third-order valence-electron chi connectivity index (χ3n) is 2.45. The molecule has 8 heteroatoms. The largest absolute Gasteiger partial charge is 0.478 e. The summed E-state index contributed by atoms with van der Waals surface area (Å²) in [4.78, 5) is 45.2. The van der Waals surface area contributed by atoms with Crippen molar-refractivity contribution in [3.8, 4) is 0 Å². The highest BCUT2D eigenvalue weighted by Gasteiger charge is 2.45. The molecule has 94 valence electrons. The first kappa shape index (κ1) is 12.9.